The number of hydrogen-bond donors (Lipinski definition) is 1. The van der Waals surface area contributed by atoms with Crippen molar-refractivity contribution in [3.05, 3.63) is 28.8 Å². The number of hydrogen-bond acceptors (Lipinski definition) is 4. The molecule has 0 aliphatic carbocycles. The smallest absolute Gasteiger partial charge is 0.154 e. The maximum Gasteiger partial charge on any atom is 0.154 e. The third-order valence-electron chi connectivity index (χ3n) is 3.80. The third kappa shape index (κ3) is 3.45. The summed E-state index contributed by atoms with van der Waals surface area (Å²) >= 11 is 5.98. The van der Waals surface area contributed by atoms with E-state index >= 15 is 0 Å². The molecule has 1 saturated heterocycles. The highest BCUT2D eigenvalue weighted by atomic mass is 35.5. The average Bonchev–Trinajstić information content (AvgIpc) is 2.38. The number of sulfone groups is 1. The second-order valence-electron chi connectivity index (χ2n) is 5.23. The first-order valence-electron chi connectivity index (χ1n) is 6.73. The Morgan fingerprint density at radius 2 is 2.20 bits per heavy atom. The van der Waals surface area contributed by atoms with Gasteiger partial charge in [-0.1, -0.05) is 18.0 Å². The molecule has 1 aromatic carbocycles. The molecule has 0 radical (unpaired) electrons. The highest BCUT2D eigenvalue weighted by Gasteiger charge is 2.33. The number of methoxy groups -OCH3 is 1. The average molecular weight is 318 g/mol. The second kappa shape index (κ2) is 6.33. The lowest BCUT2D eigenvalue weighted by Crippen LogP contribution is -2.44. The Bertz CT molecular complexity index is 574. The molecule has 6 heteroatoms. The first kappa shape index (κ1) is 15.6. The first-order valence-corrected chi connectivity index (χ1v) is 8.83. The predicted molar refractivity (Wildman–Crippen MR) is 81.1 cm³/mol. The van der Waals surface area contributed by atoms with Crippen LogP contribution in [0.15, 0.2) is 18.2 Å². The molecule has 2 rings (SSSR count). The molecule has 2 atom stereocenters. The van der Waals surface area contributed by atoms with Crippen LogP contribution in [0.4, 0.5) is 0 Å². The van der Waals surface area contributed by atoms with E-state index in [1.807, 2.05) is 0 Å². The molecular weight excluding hydrogens is 298 g/mol. The highest BCUT2D eigenvalue weighted by molar-refractivity contribution is 7.92. The molecule has 0 spiro atoms. The van der Waals surface area contributed by atoms with Gasteiger partial charge in [0, 0.05) is 11.1 Å². The van der Waals surface area contributed by atoms with Gasteiger partial charge < -0.3 is 10.5 Å². The van der Waals surface area contributed by atoms with E-state index < -0.39 is 21.1 Å². The summed E-state index contributed by atoms with van der Waals surface area (Å²) in [5, 5.41) is 0.138. The fourth-order valence-electron chi connectivity index (χ4n) is 2.75. The number of rotatable bonds is 4. The summed E-state index contributed by atoms with van der Waals surface area (Å²) in [6.07, 6.45) is 2.76. The van der Waals surface area contributed by atoms with Gasteiger partial charge in [-0.25, -0.2) is 8.42 Å². The number of ether oxygens (including phenoxy) is 1. The number of benzene rings is 1. The van der Waals surface area contributed by atoms with Crippen molar-refractivity contribution in [2.45, 2.75) is 37.0 Å². The van der Waals surface area contributed by atoms with Crippen LogP contribution >= 0.6 is 11.6 Å². The highest BCUT2D eigenvalue weighted by Crippen LogP contribution is 2.27. The third-order valence-corrected chi connectivity index (χ3v) is 6.41. The van der Waals surface area contributed by atoms with Gasteiger partial charge in [0.2, 0.25) is 0 Å². The van der Waals surface area contributed by atoms with Gasteiger partial charge in [0.1, 0.15) is 5.75 Å². The molecule has 112 valence electrons. The minimum Gasteiger partial charge on any atom is -0.496 e. The summed E-state index contributed by atoms with van der Waals surface area (Å²) < 4.78 is 29.5. The van der Waals surface area contributed by atoms with Crippen molar-refractivity contribution in [3.8, 4) is 5.75 Å². The Morgan fingerprint density at radius 1 is 1.45 bits per heavy atom. The van der Waals surface area contributed by atoms with E-state index in [1.165, 1.54) is 0 Å². The zero-order valence-corrected chi connectivity index (χ0v) is 13.1. The molecule has 1 aliphatic rings. The molecule has 0 bridgehead atoms. The fourth-order valence-corrected chi connectivity index (χ4v) is 5.01. The zero-order chi connectivity index (χ0) is 14.8. The van der Waals surface area contributed by atoms with Gasteiger partial charge >= 0.3 is 0 Å². The van der Waals surface area contributed by atoms with E-state index in [-0.39, 0.29) is 5.75 Å². The Hall–Kier alpha value is -0.780. The van der Waals surface area contributed by atoms with Crippen molar-refractivity contribution >= 4 is 21.4 Å². The number of nitrogens with two attached hydrogens (primary N) is 1. The molecule has 1 aromatic rings. The molecule has 0 amide bonds. The maximum atomic E-state index is 12.1. The fraction of sp³-hybridized carbons (Fsp3) is 0.571. The number of halogens is 1. The van der Waals surface area contributed by atoms with Gasteiger partial charge in [0.05, 0.1) is 18.1 Å². The normalized spacial score (nSPS) is 23.2. The van der Waals surface area contributed by atoms with Crippen LogP contribution in [0.2, 0.25) is 5.02 Å². The van der Waals surface area contributed by atoms with Crippen molar-refractivity contribution in [1.82, 2.24) is 0 Å². The quantitative estimate of drug-likeness (QED) is 0.924. The van der Waals surface area contributed by atoms with E-state index in [0.717, 1.165) is 18.4 Å². The van der Waals surface area contributed by atoms with Crippen LogP contribution in [-0.2, 0) is 16.3 Å². The van der Waals surface area contributed by atoms with Gasteiger partial charge in [-0.2, -0.15) is 0 Å². The molecule has 0 saturated carbocycles. The second-order valence-corrected chi connectivity index (χ2v) is 8.00. The monoisotopic (exact) mass is 317 g/mol. The van der Waals surface area contributed by atoms with E-state index in [9.17, 15) is 8.42 Å². The van der Waals surface area contributed by atoms with Gasteiger partial charge in [-0.05, 0) is 43.0 Å². The maximum absolute atomic E-state index is 12.1. The van der Waals surface area contributed by atoms with Crippen LogP contribution in [0.25, 0.3) is 0 Å². The topological polar surface area (TPSA) is 69.4 Å². The van der Waals surface area contributed by atoms with Crippen LogP contribution in [0.5, 0.6) is 5.75 Å². The molecule has 1 heterocycles. The molecule has 0 aromatic heterocycles. The summed E-state index contributed by atoms with van der Waals surface area (Å²) in [5.74, 6) is 0.941. The molecular formula is C14H20ClNO3S. The van der Waals surface area contributed by atoms with Crippen LogP contribution in [0.1, 0.15) is 24.8 Å². The van der Waals surface area contributed by atoms with Gasteiger partial charge in [-0.15, -0.1) is 0 Å². The van der Waals surface area contributed by atoms with Crippen LogP contribution in [0, 0.1) is 0 Å². The van der Waals surface area contributed by atoms with Crippen molar-refractivity contribution in [2.24, 2.45) is 5.73 Å². The van der Waals surface area contributed by atoms with Crippen molar-refractivity contribution in [3.63, 3.8) is 0 Å². The standard InChI is InChI=1S/C14H20ClNO3S/c1-19-13-6-5-11(15)8-10(13)9-12(16)14-4-2-3-7-20(14,17)18/h5-6,8,12,14H,2-4,7,9,16H2,1H3. The summed E-state index contributed by atoms with van der Waals surface area (Å²) in [7, 11) is -1.49. The van der Waals surface area contributed by atoms with Crippen LogP contribution in [-0.4, -0.2) is 32.6 Å². The molecule has 2 unspecified atom stereocenters. The Morgan fingerprint density at radius 3 is 2.85 bits per heavy atom. The van der Waals surface area contributed by atoms with Gasteiger partial charge in [0.15, 0.2) is 9.84 Å². The van der Waals surface area contributed by atoms with E-state index in [1.54, 1.807) is 25.3 Å². The molecule has 20 heavy (non-hydrogen) atoms. The first-order chi connectivity index (χ1) is 9.44. The largest absolute Gasteiger partial charge is 0.496 e. The van der Waals surface area contributed by atoms with E-state index in [4.69, 9.17) is 22.1 Å². The van der Waals surface area contributed by atoms with Crippen molar-refractivity contribution in [2.75, 3.05) is 12.9 Å². The minimum atomic E-state index is -3.07. The summed E-state index contributed by atoms with van der Waals surface area (Å²) in [4.78, 5) is 0. The van der Waals surface area contributed by atoms with E-state index in [0.29, 0.717) is 23.6 Å². The Labute approximate surface area is 125 Å². The summed E-state index contributed by atoms with van der Waals surface area (Å²) in [6, 6.07) is 4.88. The predicted octanol–water partition coefficient (Wildman–Crippen LogP) is 2.19. The van der Waals surface area contributed by atoms with Crippen molar-refractivity contribution in [1.29, 1.82) is 0 Å². The Balaban J connectivity index is 2.19. The minimum absolute atomic E-state index is 0.248. The van der Waals surface area contributed by atoms with Crippen LogP contribution < -0.4 is 10.5 Å². The van der Waals surface area contributed by atoms with Crippen LogP contribution in [0.3, 0.4) is 0 Å². The zero-order valence-electron chi connectivity index (χ0n) is 11.5. The summed E-state index contributed by atoms with van der Waals surface area (Å²) in [5.41, 5.74) is 7.01. The lowest BCUT2D eigenvalue weighted by atomic mass is 9.99. The SMILES string of the molecule is COc1ccc(Cl)cc1CC(N)C1CCCCS1(=O)=O. The van der Waals surface area contributed by atoms with Crippen molar-refractivity contribution < 1.29 is 13.2 Å². The van der Waals surface area contributed by atoms with Gasteiger partial charge in [0.25, 0.3) is 0 Å². The van der Waals surface area contributed by atoms with E-state index in [2.05, 4.69) is 0 Å². The van der Waals surface area contributed by atoms with Gasteiger partial charge in [-0.3, -0.25) is 0 Å². The lowest BCUT2D eigenvalue weighted by Gasteiger charge is -2.28. The molecule has 1 aliphatic heterocycles. The Kier molecular flexibility index (Phi) is 4.94. The summed E-state index contributed by atoms with van der Waals surface area (Å²) in [6.45, 7) is 0. The molecule has 1 fully saturated rings. The molecule has 2 N–H and O–H groups in total. The molecule has 4 nitrogen and oxygen atoms in total. The lowest BCUT2D eigenvalue weighted by molar-refractivity contribution is 0.406.